The van der Waals surface area contributed by atoms with Crippen LogP contribution in [0.2, 0.25) is 6.04 Å². The van der Waals surface area contributed by atoms with Crippen molar-refractivity contribution in [2.45, 2.75) is 51.7 Å². The van der Waals surface area contributed by atoms with Crippen molar-refractivity contribution in [3.8, 4) is 0 Å². The van der Waals surface area contributed by atoms with Gasteiger partial charge in [-0.3, -0.25) is 0 Å². The molecule has 0 aromatic heterocycles. The molecule has 0 N–H and O–H groups in total. The molecule has 0 saturated heterocycles. The average molecular weight is 386 g/mol. The van der Waals surface area contributed by atoms with Crippen LogP contribution in [-0.4, -0.2) is 29.1 Å². The number of hydrogen-bond donors (Lipinski definition) is 0. The van der Waals surface area contributed by atoms with Crippen molar-refractivity contribution in [3.63, 3.8) is 0 Å². The van der Waals surface area contributed by atoms with Crippen LogP contribution in [0.3, 0.4) is 0 Å². The molecule has 0 saturated carbocycles. The van der Waals surface area contributed by atoms with Crippen molar-refractivity contribution in [2.24, 2.45) is 0 Å². The Hall–Kier alpha value is -1.03. The van der Waals surface area contributed by atoms with E-state index in [0.717, 1.165) is 0 Å². The summed E-state index contributed by atoms with van der Waals surface area (Å²) < 4.78 is 82.9. The van der Waals surface area contributed by atoms with Gasteiger partial charge in [0.25, 0.3) is 0 Å². The summed E-state index contributed by atoms with van der Waals surface area (Å²) in [6.07, 6.45) is 1.02. The molecule has 0 heterocycles. The molecular weight excluding hydrogens is 363 g/mol. The molecule has 0 unspecified atom stereocenters. The van der Waals surface area contributed by atoms with E-state index < -0.39 is 43.5 Å². The van der Waals surface area contributed by atoms with Gasteiger partial charge in [-0.15, -0.1) is 0 Å². The van der Waals surface area contributed by atoms with Gasteiger partial charge in [-0.2, -0.15) is 0 Å². The standard InChI is InChI=1S/C16H23F5O3Si/c1-10(2)24-25(22-3,23-4)9-7-5-6-8-11-12(17)14(19)16(21)15(20)13(11)18/h10H,5-9H2,1-4H3. The monoisotopic (exact) mass is 386 g/mol. The lowest BCUT2D eigenvalue weighted by Gasteiger charge is -2.28. The first-order valence-electron chi connectivity index (χ1n) is 7.97. The summed E-state index contributed by atoms with van der Waals surface area (Å²) in [7, 11) is 0.185. The summed E-state index contributed by atoms with van der Waals surface area (Å²) in [5, 5.41) is 0. The van der Waals surface area contributed by atoms with Gasteiger partial charge in [0, 0.05) is 31.9 Å². The zero-order valence-electron chi connectivity index (χ0n) is 14.7. The topological polar surface area (TPSA) is 27.7 Å². The van der Waals surface area contributed by atoms with Crippen LogP contribution in [0.1, 0.15) is 38.7 Å². The number of rotatable bonds is 10. The van der Waals surface area contributed by atoms with Crippen molar-refractivity contribution in [3.05, 3.63) is 34.6 Å². The molecule has 9 heteroatoms. The van der Waals surface area contributed by atoms with E-state index in [1.807, 2.05) is 13.8 Å². The maximum Gasteiger partial charge on any atom is 0.500 e. The normalized spacial score (nSPS) is 12.2. The van der Waals surface area contributed by atoms with Gasteiger partial charge < -0.3 is 13.3 Å². The Morgan fingerprint density at radius 2 is 1.24 bits per heavy atom. The second-order valence-corrected chi connectivity index (χ2v) is 8.79. The third kappa shape index (κ3) is 5.47. The molecule has 144 valence electrons. The van der Waals surface area contributed by atoms with Gasteiger partial charge in [-0.25, -0.2) is 22.0 Å². The summed E-state index contributed by atoms with van der Waals surface area (Å²) in [5.41, 5.74) is -0.781. The van der Waals surface area contributed by atoms with Crippen LogP contribution >= 0.6 is 0 Å². The van der Waals surface area contributed by atoms with Crippen molar-refractivity contribution in [1.29, 1.82) is 0 Å². The Kier molecular flexibility index (Phi) is 8.46. The van der Waals surface area contributed by atoms with Gasteiger partial charge >= 0.3 is 8.80 Å². The first-order chi connectivity index (χ1) is 11.7. The molecule has 0 atom stereocenters. The summed E-state index contributed by atoms with van der Waals surface area (Å²) in [6, 6.07) is 0.495. The molecule has 0 radical (unpaired) electrons. The van der Waals surface area contributed by atoms with E-state index in [-0.39, 0.29) is 18.9 Å². The maximum atomic E-state index is 13.6. The Morgan fingerprint density at radius 1 is 0.760 bits per heavy atom. The van der Waals surface area contributed by atoms with Gasteiger partial charge in [0.2, 0.25) is 5.82 Å². The third-order valence-corrected chi connectivity index (χ3v) is 6.79. The Morgan fingerprint density at radius 3 is 1.68 bits per heavy atom. The SMILES string of the molecule is CO[Si](CCCCCc1c(F)c(F)c(F)c(F)c1F)(OC)OC(C)C. The van der Waals surface area contributed by atoms with Crippen LogP contribution in [0.15, 0.2) is 0 Å². The number of benzene rings is 1. The van der Waals surface area contributed by atoms with Crippen LogP contribution < -0.4 is 0 Å². The van der Waals surface area contributed by atoms with Crippen LogP contribution in [0, 0.1) is 29.1 Å². The Labute approximate surface area is 145 Å². The van der Waals surface area contributed by atoms with E-state index >= 15 is 0 Å². The molecule has 0 aliphatic carbocycles. The minimum absolute atomic E-state index is 0.0834. The minimum Gasteiger partial charge on any atom is -0.377 e. The van der Waals surface area contributed by atoms with Crippen LogP contribution in [0.5, 0.6) is 0 Å². The Balaban J connectivity index is 2.62. The fourth-order valence-electron chi connectivity index (χ4n) is 2.49. The number of hydrogen-bond acceptors (Lipinski definition) is 3. The molecule has 1 aromatic carbocycles. The molecule has 3 nitrogen and oxygen atoms in total. The Bertz CT molecular complexity index is 550. The fraction of sp³-hybridized carbons (Fsp3) is 0.625. The lowest BCUT2D eigenvalue weighted by atomic mass is 10.1. The molecule has 1 rings (SSSR count). The van der Waals surface area contributed by atoms with Crippen molar-refractivity contribution < 1.29 is 35.2 Å². The van der Waals surface area contributed by atoms with Gasteiger partial charge in [-0.05, 0) is 33.1 Å². The zero-order chi connectivity index (χ0) is 19.2. The summed E-state index contributed by atoms with van der Waals surface area (Å²) in [5.74, 6) is -9.50. The summed E-state index contributed by atoms with van der Waals surface area (Å²) in [4.78, 5) is 0. The minimum atomic E-state index is -2.80. The van der Waals surface area contributed by atoms with Gasteiger partial charge in [0.05, 0.1) is 0 Å². The largest absolute Gasteiger partial charge is 0.500 e. The smallest absolute Gasteiger partial charge is 0.377 e. The predicted octanol–water partition coefficient (Wildman–Crippen LogP) is 4.75. The van der Waals surface area contributed by atoms with Gasteiger partial charge in [0.15, 0.2) is 23.3 Å². The van der Waals surface area contributed by atoms with E-state index in [2.05, 4.69) is 0 Å². The molecule has 0 aliphatic rings. The molecular formula is C16H23F5O3Si. The highest BCUT2D eigenvalue weighted by Gasteiger charge is 2.39. The first kappa shape index (κ1) is 22.0. The van der Waals surface area contributed by atoms with Crippen molar-refractivity contribution in [2.75, 3.05) is 14.2 Å². The highest BCUT2D eigenvalue weighted by molar-refractivity contribution is 6.60. The van der Waals surface area contributed by atoms with E-state index in [4.69, 9.17) is 13.3 Å². The van der Waals surface area contributed by atoms with E-state index in [1.165, 1.54) is 14.2 Å². The lowest BCUT2D eigenvalue weighted by Crippen LogP contribution is -2.45. The predicted molar refractivity (Wildman–Crippen MR) is 84.6 cm³/mol. The molecule has 0 spiro atoms. The second-order valence-electron chi connectivity index (χ2n) is 5.87. The molecule has 25 heavy (non-hydrogen) atoms. The summed E-state index contributed by atoms with van der Waals surface area (Å²) in [6.45, 7) is 3.70. The van der Waals surface area contributed by atoms with Crippen LogP contribution in [0.25, 0.3) is 0 Å². The van der Waals surface area contributed by atoms with Crippen molar-refractivity contribution in [1.82, 2.24) is 0 Å². The van der Waals surface area contributed by atoms with Gasteiger partial charge in [0.1, 0.15) is 0 Å². The highest BCUT2D eigenvalue weighted by Crippen LogP contribution is 2.25. The number of halogens is 5. The average Bonchev–Trinajstić information content (AvgIpc) is 2.59. The van der Waals surface area contributed by atoms with Crippen LogP contribution in [0.4, 0.5) is 22.0 Å². The third-order valence-electron chi connectivity index (χ3n) is 3.75. The lowest BCUT2D eigenvalue weighted by molar-refractivity contribution is 0.0693. The molecule has 0 aliphatic heterocycles. The first-order valence-corrected chi connectivity index (χ1v) is 9.90. The second kappa shape index (κ2) is 9.61. The molecule has 0 fully saturated rings. The van der Waals surface area contributed by atoms with E-state index in [1.54, 1.807) is 0 Å². The molecule has 0 amide bonds. The van der Waals surface area contributed by atoms with E-state index in [0.29, 0.717) is 18.9 Å². The van der Waals surface area contributed by atoms with Crippen molar-refractivity contribution >= 4 is 8.80 Å². The van der Waals surface area contributed by atoms with E-state index in [9.17, 15) is 22.0 Å². The highest BCUT2D eigenvalue weighted by atomic mass is 28.4. The quantitative estimate of drug-likeness (QED) is 0.191. The maximum absolute atomic E-state index is 13.6. The van der Waals surface area contributed by atoms with Gasteiger partial charge in [-0.1, -0.05) is 6.42 Å². The number of unbranched alkanes of at least 4 members (excludes halogenated alkanes) is 2. The summed E-state index contributed by atoms with van der Waals surface area (Å²) >= 11 is 0. The fourth-order valence-corrected chi connectivity index (χ4v) is 4.78. The molecule has 1 aromatic rings. The zero-order valence-corrected chi connectivity index (χ0v) is 15.7. The molecule has 0 bridgehead atoms. The van der Waals surface area contributed by atoms with Crippen LogP contribution in [-0.2, 0) is 19.7 Å².